The molecule has 1 saturated heterocycles. The van der Waals surface area contributed by atoms with Crippen LogP contribution in [0.3, 0.4) is 0 Å². The summed E-state index contributed by atoms with van der Waals surface area (Å²) in [5.41, 5.74) is 3.24. The summed E-state index contributed by atoms with van der Waals surface area (Å²) in [5, 5.41) is 12.4. The Morgan fingerprint density at radius 1 is 1.00 bits per heavy atom. The second-order valence-corrected chi connectivity index (χ2v) is 8.84. The molecule has 1 fully saturated rings. The highest BCUT2D eigenvalue weighted by molar-refractivity contribution is 6.46. The first kappa shape index (κ1) is 24.2. The number of carbonyl (C=O) groups excluding carboxylic acids is 2. The zero-order chi connectivity index (χ0) is 25.9. The Morgan fingerprint density at radius 3 is 2.54 bits per heavy atom. The van der Waals surface area contributed by atoms with Crippen molar-refractivity contribution in [3.8, 4) is 11.5 Å². The second kappa shape index (κ2) is 10.2. The van der Waals surface area contributed by atoms with Crippen LogP contribution in [-0.2, 0) is 16.0 Å². The average molecular weight is 497 g/mol. The molecule has 0 spiro atoms. The summed E-state index contributed by atoms with van der Waals surface area (Å²) in [6, 6.07) is 21.3. The van der Waals surface area contributed by atoms with E-state index in [0.717, 1.165) is 16.5 Å². The topological polar surface area (TPSA) is 91.9 Å². The van der Waals surface area contributed by atoms with Gasteiger partial charge in [-0.25, -0.2) is 0 Å². The minimum atomic E-state index is -0.758. The van der Waals surface area contributed by atoms with Crippen molar-refractivity contribution in [2.24, 2.45) is 0 Å². The molecule has 4 aromatic rings. The van der Waals surface area contributed by atoms with Crippen molar-refractivity contribution in [1.82, 2.24) is 9.88 Å². The number of aliphatic hydroxyl groups excluding tert-OH is 1. The van der Waals surface area contributed by atoms with E-state index < -0.39 is 17.7 Å². The number of hydrogen-bond donors (Lipinski definition) is 2. The molecule has 2 N–H and O–H groups in total. The largest absolute Gasteiger partial charge is 0.507 e. The highest BCUT2D eigenvalue weighted by atomic mass is 16.5. The lowest BCUT2D eigenvalue weighted by Crippen LogP contribution is -2.31. The summed E-state index contributed by atoms with van der Waals surface area (Å²) in [4.78, 5) is 31.5. The van der Waals surface area contributed by atoms with Crippen LogP contribution in [0.5, 0.6) is 11.5 Å². The van der Waals surface area contributed by atoms with E-state index in [1.54, 1.807) is 48.4 Å². The van der Waals surface area contributed by atoms with Crippen molar-refractivity contribution in [2.75, 3.05) is 20.3 Å². The zero-order valence-corrected chi connectivity index (χ0v) is 20.7. The molecule has 1 aromatic heterocycles. The van der Waals surface area contributed by atoms with Crippen LogP contribution in [0.25, 0.3) is 16.7 Å². The monoisotopic (exact) mass is 496 g/mol. The molecule has 7 heteroatoms. The number of likely N-dealkylation sites (tertiary alicyclic amines) is 1. The normalized spacial score (nSPS) is 16.9. The summed E-state index contributed by atoms with van der Waals surface area (Å²) in [6.07, 6.45) is 2.47. The number of ether oxygens (including phenoxy) is 2. The van der Waals surface area contributed by atoms with Crippen LogP contribution in [0.15, 0.2) is 84.6 Å². The van der Waals surface area contributed by atoms with Crippen LogP contribution >= 0.6 is 0 Å². The van der Waals surface area contributed by atoms with Gasteiger partial charge in [0.05, 0.1) is 25.3 Å². The Kier molecular flexibility index (Phi) is 6.68. The molecule has 37 heavy (non-hydrogen) atoms. The first-order chi connectivity index (χ1) is 18.0. The molecule has 1 amide bonds. The van der Waals surface area contributed by atoms with Crippen molar-refractivity contribution in [3.05, 3.63) is 101 Å². The molecular weight excluding hydrogens is 468 g/mol. The third-order valence-electron chi connectivity index (χ3n) is 6.69. The van der Waals surface area contributed by atoms with Crippen molar-refractivity contribution in [1.29, 1.82) is 0 Å². The standard InChI is InChI=1S/C30H28N2O5/c1-3-37-22-13-11-19(12-14-22)28(33)26-27(20-7-6-8-23(17-20)36-2)32(30(35)29(26)34)16-15-21-18-31-25-10-5-4-9-24(21)25/h4-14,17-18,27,31,33H,3,15-16H2,1-2H3/b28-26+. The van der Waals surface area contributed by atoms with Gasteiger partial charge >= 0.3 is 0 Å². The number of methoxy groups -OCH3 is 1. The highest BCUT2D eigenvalue weighted by Crippen LogP contribution is 2.40. The quantitative estimate of drug-likeness (QED) is 0.198. The maximum atomic E-state index is 13.3. The van der Waals surface area contributed by atoms with Crippen LogP contribution in [0, 0.1) is 0 Å². The number of aliphatic hydroxyl groups is 1. The molecule has 1 aliphatic heterocycles. The number of hydrogen-bond acceptors (Lipinski definition) is 5. The number of fused-ring (bicyclic) bond motifs is 1. The fourth-order valence-electron chi connectivity index (χ4n) is 4.88. The second-order valence-electron chi connectivity index (χ2n) is 8.84. The van der Waals surface area contributed by atoms with Gasteiger partial charge in [0.1, 0.15) is 17.3 Å². The highest BCUT2D eigenvalue weighted by Gasteiger charge is 2.46. The fraction of sp³-hybridized carbons (Fsp3) is 0.200. The number of nitrogens with one attached hydrogen (secondary N) is 1. The van der Waals surface area contributed by atoms with E-state index in [2.05, 4.69) is 4.98 Å². The Hall–Kier alpha value is -4.52. The van der Waals surface area contributed by atoms with Gasteiger partial charge < -0.3 is 24.5 Å². The average Bonchev–Trinajstić information content (AvgIpc) is 3.46. The predicted octanol–water partition coefficient (Wildman–Crippen LogP) is 5.24. The van der Waals surface area contributed by atoms with Gasteiger partial charge in [-0.3, -0.25) is 9.59 Å². The molecule has 5 rings (SSSR count). The Morgan fingerprint density at radius 2 is 1.78 bits per heavy atom. The van der Waals surface area contributed by atoms with Gasteiger partial charge in [0.15, 0.2) is 0 Å². The van der Waals surface area contributed by atoms with Gasteiger partial charge in [-0.15, -0.1) is 0 Å². The Balaban J connectivity index is 1.55. The van der Waals surface area contributed by atoms with Gasteiger partial charge in [0.25, 0.3) is 11.7 Å². The molecule has 0 radical (unpaired) electrons. The number of amides is 1. The minimum Gasteiger partial charge on any atom is -0.507 e. The predicted molar refractivity (Wildman–Crippen MR) is 142 cm³/mol. The lowest BCUT2D eigenvalue weighted by atomic mass is 9.95. The first-order valence-electron chi connectivity index (χ1n) is 12.2. The maximum Gasteiger partial charge on any atom is 0.295 e. The molecule has 0 saturated carbocycles. The summed E-state index contributed by atoms with van der Waals surface area (Å²) in [7, 11) is 1.56. The van der Waals surface area contributed by atoms with Gasteiger partial charge in [-0.2, -0.15) is 0 Å². The third-order valence-corrected chi connectivity index (χ3v) is 6.69. The number of nitrogens with zero attached hydrogens (tertiary/aromatic N) is 1. The summed E-state index contributed by atoms with van der Waals surface area (Å²) in [5.74, 6) is -0.314. The lowest BCUT2D eigenvalue weighted by molar-refractivity contribution is -0.139. The molecule has 1 aliphatic rings. The van der Waals surface area contributed by atoms with Crippen LogP contribution in [0.2, 0.25) is 0 Å². The molecule has 0 aliphatic carbocycles. The number of benzene rings is 3. The van der Waals surface area contributed by atoms with Gasteiger partial charge in [-0.05, 0) is 66.9 Å². The molecular formula is C30H28N2O5. The molecule has 1 unspecified atom stereocenters. The van der Waals surface area contributed by atoms with Crippen molar-refractivity contribution < 1.29 is 24.2 Å². The third kappa shape index (κ3) is 4.56. The zero-order valence-electron chi connectivity index (χ0n) is 20.7. The van der Waals surface area contributed by atoms with Crippen molar-refractivity contribution >= 4 is 28.4 Å². The lowest BCUT2D eigenvalue weighted by Gasteiger charge is -2.25. The van der Waals surface area contributed by atoms with E-state index in [9.17, 15) is 14.7 Å². The molecule has 2 heterocycles. The molecule has 3 aromatic carbocycles. The van der Waals surface area contributed by atoms with E-state index >= 15 is 0 Å². The number of rotatable bonds is 8. The molecule has 1 atom stereocenters. The fourth-order valence-corrected chi connectivity index (χ4v) is 4.88. The number of para-hydroxylation sites is 1. The minimum absolute atomic E-state index is 0.0568. The SMILES string of the molecule is CCOc1ccc(/C(O)=C2\C(=O)C(=O)N(CCc3c[nH]c4ccccc34)C2c2cccc(OC)c2)cc1. The number of aromatic amines is 1. The summed E-state index contributed by atoms with van der Waals surface area (Å²) >= 11 is 0. The number of aromatic nitrogens is 1. The number of ketones is 1. The van der Waals surface area contributed by atoms with Gasteiger partial charge in [0, 0.05) is 29.2 Å². The summed E-state index contributed by atoms with van der Waals surface area (Å²) in [6.45, 7) is 2.71. The summed E-state index contributed by atoms with van der Waals surface area (Å²) < 4.78 is 10.9. The van der Waals surface area contributed by atoms with E-state index in [-0.39, 0.29) is 11.3 Å². The molecule has 7 nitrogen and oxygen atoms in total. The van der Waals surface area contributed by atoms with E-state index in [0.29, 0.717) is 42.2 Å². The van der Waals surface area contributed by atoms with Crippen molar-refractivity contribution in [3.63, 3.8) is 0 Å². The van der Waals surface area contributed by atoms with Crippen LogP contribution in [-0.4, -0.2) is 46.9 Å². The van der Waals surface area contributed by atoms with Crippen molar-refractivity contribution in [2.45, 2.75) is 19.4 Å². The Bertz CT molecular complexity index is 1490. The Labute approximate surface area is 214 Å². The van der Waals surface area contributed by atoms with Gasteiger partial charge in [-0.1, -0.05) is 30.3 Å². The number of H-pyrrole nitrogens is 1. The molecule has 188 valence electrons. The first-order valence-corrected chi connectivity index (χ1v) is 12.2. The van der Waals surface area contributed by atoms with Crippen LogP contribution in [0.1, 0.15) is 29.7 Å². The smallest absolute Gasteiger partial charge is 0.295 e. The number of carbonyl (C=O) groups is 2. The maximum absolute atomic E-state index is 13.3. The van der Waals surface area contributed by atoms with E-state index in [1.807, 2.05) is 49.5 Å². The molecule has 0 bridgehead atoms. The van der Waals surface area contributed by atoms with E-state index in [1.165, 1.54) is 0 Å². The number of Topliss-reactive ketones (excluding diaryl/α,β-unsaturated/α-hetero) is 1. The van der Waals surface area contributed by atoms with Crippen LogP contribution in [0.4, 0.5) is 0 Å². The van der Waals surface area contributed by atoms with E-state index in [4.69, 9.17) is 9.47 Å². The van der Waals surface area contributed by atoms with Crippen LogP contribution < -0.4 is 9.47 Å². The van der Waals surface area contributed by atoms with Gasteiger partial charge in [0.2, 0.25) is 0 Å².